The summed E-state index contributed by atoms with van der Waals surface area (Å²) < 4.78 is 30.8. The first-order valence-electron chi connectivity index (χ1n) is 8.06. The molecule has 9 heteroatoms. The Morgan fingerprint density at radius 3 is 2.33 bits per heavy atom. The van der Waals surface area contributed by atoms with Crippen molar-refractivity contribution in [3.63, 3.8) is 0 Å². The van der Waals surface area contributed by atoms with E-state index in [4.69, 9.17) is 27.9 Å². The fraction of sp³-hybridized carbons (Fsp3) is 0.278. The number of benzene rings is 2. The summed E-state index contributed by atoms with van der Waals surface area (Å²) in [5.74, 6) is 0.153. The summed E-state index contributed by atoms with van der Waals surface area (Å²) >= 11 is 12.1. The molecule has 0 spiro atoms. The summed E-state index contributed by atoms with van der Waals surface area (Å²) in [6.07, 6.45) is 1.03. The van der Waals surface area contributed by atoms with Crippen molar-refractivity contribution < 1.29 is 17.9 Å². The van der Waals surface area contributed by atoms with Gasteiger partial charge in [0, 0.05) is 5.69 Å². The molecule has 0 saturated carbocycles. The van der Waals surface area contributed by atoms with Crippen molar-refractivity contribution in [1.82, 2.24) is 0 Å². The van der Waals surface area contributed by atoms with Crippen LogP contribution in [0.4, 0.5) is 11.4 Å². The van der Waals surface area contributed by atoms with Crippen LogP contribution in [0.5, 0.6) is 5.75 Å². The zero-order valence-electron chi connectivity index (χ0n) is 15.1. The molecule has 2 aromatic rings. The number of ether oxygens (including phenoxy) is 1. The van der Waals surface area contributed by atoms with Crippen molar-refractivity contribution in [2.24, 2.45) is 0 Å². The quantitative estimate of drug-likeness (QED) is 0.714. The Balaban J connectivity index is 2.16. The highest BCUT2D eigenvalue weighted by Gasteiger charge is 2.24. The lowest BCUT2D eigenvalue weighted by Gasteiger charge is -2.23. The second-order valence-electron chi connectivity index (χ2n) is 6.08. The maximum absolute atomic E-state index is 12.4. The molecule has 0 saturated heterocycles. The fourth-order valence-corrected chi connectivity index (χ4v) is 3.59. The molecule has 0 radical (unpaired) electrons. The summed E-state index contributed by atoms with van der Waals surface area (Å²) in [7, 11) is -3.76. The minimum atomic E-state index is -3.76. The Hall–Kier alpha value is -1.96. The molecule has 0 aliphatic carbocycles. The average Bonchev–Trinajstić information content (AvgIpc) is 2.56. The van der Waals surface area contributed by atoms with Gasteiger partial charge in [0.1, 0.15) is 12.3 Å². The summed E-state index contributed by atoms with van der Waals surface area (Å²) in [5, 5.41) is 2.91. The van der Waals surface area contributed by atoms with E-state index in [1.807, 2.05) is 13.8 Å². The van der Waals surface area contributed by atoms with Gasteiger partial charge in [-0.25, -0.2) is 8.42 Å². The predicted octanol–water partition coefficient (Wildman–Crippen LogP) is 4.19. The molecule has 0 aliphatic heterocycles. The van der Waals surface area contributed by atoms with E-state index in [1.54, 1.807) is 30.3 Å². The van der Waals surface area contributed by atoms with E-state index in [2.05, 4.69) is 5.32 Å². The lowest BCUT2D eigenvalue weighted by Crippen LogP contribution is -2.37. The number of anilines is 2. The first-order valence-corrected chi connectivity index (χ1v) is 10.7. The van der Waals surface area contributed by atoms with Crippen LogP contribution in [-0.4, -0.2) is 33.2 Å². The lowest BCUT2D eigenvalue weighted by atomic mass is 10.3. The number of carbonyl (C=O) groups is 1. The Kier molecular flexibility index (Phi) is 6.97. The predicted molar refractivity (Wildman–Crippen MR) is 109 cm³/mol. The van der Waals surface area contributed by atoms with Gasteiger partial charge in [-0.15, -0.1) is 0 Å². The number of sulfonamides is 1. The van der Waals surface area contributed by atoms with E-state index in [-0.39, 0.29) is 21.8 Å². The monoisotopic (exact) mass is 430 g/mol. The molecule has 0 atom stereocenters. The number of carbonyl (C=O) groups excluding carboxylic acids is 1. The zero-order valence-corrected chi connectivity index (χ0v) is 17.4. The maximum Gasteiger partial charge on any atom is 0.245 e. The Morgan fingerprint density at radius 1 is 1.15 bits per heavy atom. The van der Waals surface area contributed by atoms with E-state index in [0.717, 1.165) is 10.6 Å². The van der Waals surface area contributed by atoms with E-state index in [0.29, 0.717) is 11.4 Å². The molecule has 0 aromatic heterocycles. The van der Waals surface area contributed by atoms with E-state index >= 15 is 0 Å². The molecule has 6 nitrogen and oxygen atoms in total. The third kappa shape index (κ3) is 6.02. The number of rotatable bonds is 7. The van der Waals surface area contributed by atoms with Crippen molar-refractivity contribution in [2.75, 3.05) is 22.4 Å². The zero-order chi connectivity index (χ0) is 20.2. The van der Waals surface area contributed by atoms with Crippen LogP contribution in [0.2, 0.25) is 10.0 Å². The normalized spacial score (nSPS) is 11.3. The van der Waals surface area contributed by atoms with Gasteiger partial charge in [0.05, 0.1) is 28.1 Å². The fourth-order valence-electron chi connectivity index (χ4n) is 2.29. The summed E-state index contributed by atoms with van der Waals surface area (Å²) in [5.41, 5.74) is 0.657. The highest BCUT2D eigenvalue weighted by Crippen LogP contribution is 2.33. The van der Waals surface area contributed by atoms with E-state index < -0.39 is 22.5 Å². The second kappa shape index (κ2) is 8.82. The number of amides is 1. The average molecular weight is 431 g/mol. The molecular formula is C18H20Cl2N2O4S. The van der Waals surface area contributed by atoms with Crippen LogP contribution in [0, 0.1) is 0 Å². The summed E-state index contributed by atoms with van der Waals surface area (Å²) in [6.45, 7) is 3.38. The number of halogens is 2. The number of hydrogen-bond donors (Lipinski definition) is 1. The Bertz CT molecular complexity index is 915. The standard InChI is InChI=1S/C18H20Cl2N2O4S/c1-12(2)26-14-9-7-13(8-10-14)21-17(23)11-22(27(3,24)25)16-6-4-5-15(19)18(16)20/h4-10,12H,11H2,1-3H3,(H,21,23). The third-order valence-corrected chi connectivity index (χ3v) is 5.33. The third-order valence-electron chi connectivity index (χ3n) is 3.40. The highest BCUT2D eigenvalue weighted by atomic mass is 35.5. The minimum absolute atomic E-state index is 0.0382. The second-order valence-corrected chi connectivity index (χ2v) is 8.77. The first kappa shape index (κ1) is 21.3. The Morgan fingerprint density at radius 2 is 1.78 bits per heavy atom. The van der Waals surface area contributed by atoms with Crippen LogP contribution >= 0.6 is 23.2 Å². The van der Waals surface area contributed by atoms with Crippen LogP contribution in [0.15, 0.2) is 42.5 Å². The molecule has 0 fully saturated rings. The lowest BCUT2D eigenvalue weighted by molar-refractivity contribution is -0.114. The van der Waals surface area contributed by atoms with Gasteiger partial charge in [-0.3, -0.25) is 9.10 Å². The van der Waals surface area contributed by atoms with Crippen LogP contribution in [0.3, 0.4) is 0 Å². The van der Waals surface area contributed by atoms with Gasteiger partial charge >= 0.3 is 0 Å². The van der Waals surface area contributed by atoms with Crippen LogP contribution in [-0.2, 0) is 14.8 Å². The van der Waals surface area contributed by atoms with Crippen LogP contribution < -0.4 is 14.4 Å². The maximum atomic E-state index is 12.4. The van der Waals surface area contributed by atoms with Crippen molar-refractivity contribution in [3.05, 3.63) is 52.5 Å². The first-order chi connectivity index (χ1) is 12.6. The van der Waals surface area contributed by atoms with Crippen LogP contribution in [0.25, 0.3) is 0 Å². The SMILES string of the molecule is CC(C)Oc1ccc(NC(=O)CN(c2cccc(Cl)c2Cl)S(C)(=O)=O)cc1. The molecule has 0 bridgehead atoms. The number of nitrogens with one attached hydrogen (secondary N) is 1. The van der Waals surface area contributed by atoms with Gasteiger partial charge in [0.25, 0.3) is 0 Å². The molecule has 27 heavy (non-hydrogen) atoms. The smallest absolute Gasteiger partial charge is 0.245 e. The summed E-state index contributed by atoms with van der Waals surface area (Å²) in [6, 6.07) is 11.4. The van der Waals surface area contributed by atoms with Crippen molar-refractivity contribution in [2.45, 2.75) is 20.0 Å². The van der Waals surface area contributed by atoms with Gasteiger partial charge < -0.3 is 10.1 Å². The molecule has 0 heterocycles. The number of hydrogen-bond acceptors (Lipinski definition) is 4. The van der Waals surface area contributed by atoms with Gasteiger partial charge in [0.15, 0.2) is 0 Å². The summed E-state index contributed by atoms with van der Waals surface area (Å²) in [4.78, 5) is 12.4. The number of nitrogens with zero attached hydrogens (tertiary/aromatic N) is 1. The minimum Gasteiger partial charge on any atom is -0.491 e. The molecule has 1 N–H and O–H groups in total. The van der Waals surface area contributed by atoms with Crippen LogP contribution in [0.1, 0.15) is 13.8 Å². The molecule has 2 rings (SSSR count). The van der Waals surface area contributed by atoms with E-state index in [9.17, 15) is 13.2 Å². The highest BCUT2D eigenvalue weighted by molar-refractivity contribution is 7.92. The molecule has 0 unspecified atom stereocenters. The van der Waals surface area contributed by atoms with Gasteiger partial charge in [0.2, 0.25) is 15.9 Å². The Labute approximate surface area is 169 Å². The van der Waals surface area contributed by atoms with Gasteiger partial charge in [-0.05, 0) is 50.2 Å². The molecular weight excluding hydrogens is 411 g/mol. The van der Waals surface area contributed by atoms with Crippen molar-refractivity contribution in [1.29, 1.82) is 0 Å². The van der Waals surface area contributed by atoms with Crippen molar-refractivity contribution in [3.8, 4) is 5.75 Å². The largest absolute Gasteiger partial charge is 0.491 e. The topological polar surface area (TPSA) is 75.7 Å². The molecule has 1 amide bonds. The van der Waals surface area contributed by atoms with Crippen molar-refractivity contribution >= 4 is 50.5 Å². The molecule has 146 valence electrons. The van der Waals surface area contributed by atoms with Gasteiger partial charge in [-0.1, -0.05) is 29.3 Å². The van der Waals surface area contributed by atoms with Gasteiger partial charge in [-0.2, -0.15) is 0 Å². The van der Waals surface area contributed by atoms with E-state index in [1.165, 1.54) is 12.1 Å². The molecule has 2 aromatic carbocycles. The molecule has 0 aliphatic rings.